The van der Waals surface area contributed by atoms with Crippen LogP contribution in [0, 0.1) is 0 Å². The molecule has 0 saturated heterocycles. The quantitative estimate of drug-likeness (QED) is 0.598. The van der Waals surface area contributed by atoms with Gasteiger partial charge in [0.1, 0.15) is 5.82 Å². The summed E-state index contributed by atoms with van der Waals surface area (Å²) in [5.74, 6) is 0.834. The first-order valence-electron chi connectivity index (χ1n) is 8.84. The number of imidazole rings is 1. The topological polar surface area (TPSA) is 67.2 Å². The van der Waals surface area contributed by atoms with Crippen molar-refractivity contribution in [1.82, 2.24) is 14.9 Å². The number of nitrogens with one attached hydrogen (secondary N) is 1. The first kappa shape index (κ1) is 19.7. The van der Waals surface area contributed by atoms with Crippen LogP contribution in [-0.2, 0) is 17.8 Å². The van der Waals surface area contributed by atoms with Crippen molar-refractivity contribution in [3.05, 3.63) is 63.9 Å². The summed E-state index contributed by atoms with van der Waals surface area (Å²) in [7, 11) is 0. The second-order valence-electron chi connectivity index (χ2n) is 6.28. The highest BCUT2D eigenvalue weighted by molar-refractivity contribution is 6.42. The molecule has 0 radical (unpaired) electrons. The molecule has 0 aliphatic carbocycles. The van der Waals surface area contributed by atoms with Crippen molar-refractivity contribution in [1.29, 1.82) is 0 Å². The van der Waals surface area contributed by atoms with Gasteiger partial charge in [-0.05, 0) is 36.2 Å². The number of hydrogen-bond acceptors (Lipinski definition) is 3. The van der Waals surface area contributed by atoms with Gasteiger partial charge >= 0.3 is 0 Å². The van der Waals surface area contributed by atoms with Gasteiger partial charge in [-0.2, -0.15) is 0 Å². The lowest BCUT2D eigenvalue weighted by atomic mass is 10.2. The summed E-state index contributed by atoms with van der Waals surface area (Å²) in [5, 5.41) is 12.7. The molecule has 0 saturated carbocycles. The Morgan fingerprint density at radius 2 is 1.96 bits per heavy atom. The minimum atomic E-state index is -0.0591. The van der Waals surface area contributed by atoms with Crippen LogP contribution in [0.2, 0.25) is 10.0 Å². The summed E-state index contributed by atoms with van der Waals surface area (Å²) >= 11 is 12.2. The molecule has 142 valence electrons. The molecule has 1 amide bonds. The molecule has 0 fully saturated rings. The summed E-state index contributed by atoms with van der Waals surface area (Å²) < 4.78 is 2.13. The van der Waals surface area contributed by atoms with Gasteiger partial charge in [-0.3, -0.25) is 4.79 Å². The molecule has 0 spiro atoms. The van der Waals surface area contributed by atoms with E-state index >= 15 is 0 Å². The van der Waals surface area contributed by atoms with Gasteiger partial charge in [-0.25, -0.2) is 4.98 Å². The largest absolute Gasteiger partial charge is 0.396 e. The van der Waals surface area contributed by atoms with Crippen LogP contribution in [0.5, 0.6) is 0 Å². The zero-order valence-corrected chi connectivity index (χ0v) is 16.3. The molecular formula is C20H21Cl2N3O2. The maximum atomic E-state index is 11.7. The van der Waals surface area contributed by atoms with Gasteiger partial charge in [0, 0.05) is 32.5 Å². The fourth-order valence-electron chi connectivity index (χ4n) is 2.95. The van der Waals surface area contributed by atoms with Crippen molar-refractivity contribution >= 4 is 40.1 Å². The summed E-state index contributed by atoms with van der Waals surface area (Å²) in [6, 6.07) is 13.5. The second kappa shape index (κ2) is 9.22. The van der Waals surface area contributed by atoms with E-state index < -0.39 is 0 Å². The smallest absolute Gasteiger partial charge is 0.220 e. The Labute approximate surface area is 167 Å². The normalized spacial score (nSPS) is 11.1. The van der Waals surface area contributed by atoms with Crippen LogP contribution in [-0.4, -0.2) is 33.7 Å². The molecule has 0 aliphatic heterocycles. The second-order valence-corrected chi connectivity index (χ2v) is 7.09. The number of hydrogen-bond donors (Lipinski definition) is 2. The average Bonchev–Trinajstić information content (AvgIpc) is 3.00. The number of fused-ring (bicyclic) bond motifs is 1. The lowest BCUT2D eigenvalue weighted by molar-refractivity contribution is -0.121. The summed E-state index contributed by atoms with van der Waals surface area (Å²) in [6.45, 7) is 1.13. The maximum absolute atomic E-state index is 11.7. The van der Waals surface area contributed by atoms with Crippen molar-refractivity contribution in [2.45, 2.75) is 25.8 Å². The number of carbonyl (C=O) groups excluding carboxylic acids is 1. The predicted octanol–water partition coefficient (Wildman–Crippen LogP) is 3.82. The lowest BCUT2D eigenvalue weighted by Gasteiger charge is -2.11. The molecule has 27 heavy (non-hydrogen) atoms. The first-order valence-corrected chi connectivity index (χ1v) is 9.59. The van der Waals surface area contributed by atoms with E-state index in [1.54, 1.807) is 6.07 Å². The molecule has 2 N–H and O–H groups in total. The van der Waals surface area contributed by atoms with Gasteiger partial charge < -0.3 is 15.0 Å². The number of aliphatic hydroxyl groups excluding tert-OH is 1. The molecular weight excluding hydrogens is 385 g/mol. The van der Waals surface area contributed by atoms with Gasteiger partial charge in [-0.15, -0.1) is 0 Å². The number of nitrogens with zero attached hydrogens (tertiary/aromatic N) is 2. The third kappa shape index (κ3) is 5.01. The van der Waals surface area contributed by atoms with Gasteiger partial charge in [0.15, 0.2) is 0 Å². The Morgan fingerprint density at radius 1 is 1.15 bits per heavy atom. The average molecular weight is 406 g/mol. The van der Waals surface area contributed by atoms with E-state index in [4.69, 9.17) is 33.3 Å². The highest BCUT2D eigenvalue weighted by Gasteiger charge is 2.12. The predicted molar refractivity (Wildman–Crippen MR) is 108 cm³/mol. The van der Waals surface area contributed by atoms with Crippen molar-refractivity contribution in [3.8, 4) is 0 Å². The zero-order valence-electron chi connectivity index (χ0n) is 14.8. The SMILES string of the molecule is O=C(CCCO)NCCc1nc2ccccc2n1Cc1ccc(Cl)c(Cl)c1. The molecule has 0 atom stereocenters. The van der Waals surface area contributed by atoms with Crippen LogP contribution in [0.1, 0.15) is 24.2 Å². The fraction of sp³-hybridized carbons (Fsp3) is 0.300. The summed E-state index contributed by atoms with van der Waals surface area (Å²) in [5.41, 5.74) is 2.98. The van der Waals surface area contributed by atoms with Crippen LogP contribution in [0.15, 0.2) is 42.5 Å². The van der Waals surface area contributed by atoms with E-state index in [1.165, 1.54) is 0 Å². The number of aromatic nitrogens is 2. The third-order valence-electron chi connectivity index (χ3n) is 4.29. The van der Waals surface area contributed by atoms with E-state index in [2.05, 4.69) is 9.88 Å². The first-order chi connectivity index (χ1) is 13.1. The number of carbonyl (C=O) groups is 1. The molecule has 0 aliphatic rings. The number of para-hydroxylation sites is 2. The lowest BCUT2D eigenvalue weighted by Crippen LogP contribution is -2.26. The number of amides is 1. The third-order valence-corrected chi connectivity index (χ3v) is 5.03. The number of benzene rings is 2. The van der Waals surface area contributed by atoms with E-state index in [1.807, 2.05) is 36.4 Å². The van der Waals surface area contributed by atoms with Gasteiger partial charge in [0.05, 0.1) is 21.1 Å². The molecule has 0 bridgehead atoms. The Morgan fingerprint density at radius 3 is 2.74 bits per heavy atom. The zero-order chi connectivity index (χ0) is 19.2. The summed E-state index contributed by atoms with van der Waals surface area (Å²) in [4.78, 5) is 16.5. The van der Waals surface area contributed by atoms with Crippen LogP contribution < -0.4 is 5.32 Å². The van der Waals surface area contributed by atoms with Crippen LogP contribution >= 0.6 is 23.2 Å². The van der Waals surface area contributed by atoms with Crippen LogP contribution in [0.25, 0.3) is 11.0 Å². The van der Waals surface area contributed by atoms with E-state index in [0.29, 0.717) is 42.4 Å². The number of rotatable bonds is 8. The highest BCUT2D eigenvalue weighted by Crippen LogP contribution is 2.24. The van der Waals surface area contributed by atoms with E-state index in [0.717, 1.165) is 22.4 Å². The number of aliphatic hydroxyl groups is 1. The van der Waals surface area contributed by atoms with E-state index in [-0.39, 0.29) is 12.5 Å². The highest BCUT2D eigenvalue weighted by atomic mass is 35.5. The Hall–Kier alpha value is -2.08. The molecule has 3 rings (SSSR count). The van der Waals surface area contributed by atoms with Crippen molar-refractivity contribution in [2.24, 2.45) is 0 Å². The Kier molecular flexibility index (Phi) is 6.72. The Balaban J connectivity index is 1.79. The van der Waals surface area contributed by atoms with Gasteiger partial charge in [0.2, 0.25) is 5.91 Å². The molecule has 7 heteroatoms. The van der Waals surface area contributed by atoms with Gasteiger partial charge in [0.25, 0.3) is 0 Å². The van der Waals surface area contributed by atoms with Gasteiger partial charge in [-0.1, -0.05) is 41.4 Å². The van der Waals surface area contributed by atoms with Crippen LogP contribution in [0.4, 0.5) is 0 Å². The standard InChI is InChI=1S/C20H21Cl2N3O2/c21-15-8-7-14(12-16(15)22)13-25-18-5-2-1-4-17(18)24-19(25)9-10-23-20(27)6-3-11-26/h1-2,4-5,7-8,12,26H,3,6,9-11,13H2,(H,23,27). The number of halogens is 2. The van der Waals surface area contributed by atoms with Crippen molar-refractivity contribution in [2.75, 3.05) is 13.2 Å². The fourth-order valence-corrected chi connectivity index (χ4v) is 3.28. The molecule has 1 heterocycles. The summed E-state index contributed by atoms with van der Waals surface area (Å²) in [6.07, 6.45) is 1.42. The van der Waals surface area contributed by atoms with Crippen molar-refractivity contribution < 1.29 is 9.90 Å². The van der Waals surface area contributed by atoms with Crippen LogP contribution in [0.3, 0.4) is 0 Å². The molecule has 0 unspecified atom stereocenters. The molecule has 1 aromatic heterocycles. The molecule has 5 nitrogen and oxygen atoms in total. The van der Waals surface area contributed by atoms with Crippen molar-refractivity contribution in [3.63, 3.8) is 0 Å². The monoisotopic (exact) mass is 405 g/mol. The van der Waals surface area contributed by atoms with E-state index in [9.17, 15) is 4.79 Å². The maximum Gasteiger partial charge on any atom is 0.220 e. The molecule has 3 aromatic rings. The minimum absolute atomic E-state index is 0.0207. The Bertz CT molecular complexity index is 940. The minimum Gasteiger partial charge on any atom is -0.396 e. The molecule has 2 aromatic carbocycles.